The van der Waals surface area contributed by atoms with Crippen molar-refractivity contribution in [3.05, 3.63) is 6.92 Å². The van der Waals surface area contributed by atoms with Crippen molar-refractivity contribution in [2.45, 2.75) is 26.2 Å². The van der Waals surface area contributed by atoms with Gasteiger partial charge in [-0.3, -0.25) is 0 Å². The molecule has 0 aromatic heterocycles. The average molecular weight is 178 g/mol. The molecule has 0 atom stereocenters. The van der Waals surface area contributed by atoms with Crippen LogP contribution in [0.3, 0.4) is 0 Å². The SMILES string of the molecule is [CH2-]CCCC.[Pd]. The largest absolute Gasteiger partial charge is 0.343 e. The normalized spacial score (nSPS) is 7.00. The molecule has 0 fully saturated rings. The van der Waals surface area contributed by atoms with Gasteiger partial charge in [-0.15, -0.1) is 0 Å². The first-order valence-corrected chi connectivity index (χ1v) is 2.21. The Balaban J connectivity index is 0. The monoisotopic (exact) mass is 177 g/mol. The van der Waals surface area contributed by atoms with Gasteiger partial charge in [0.05, 0.1) is 0 Å². The molecule has 0 saturated heterocycles. The maximum atomic E-state index is 3.68. The smallest absolute Gasteiger partial charge is 0 e. The summed E-state index contributed by atoms with van der Waals surface area (Å²) in [7, 11) is 0. The Hall–Kier alpha value is 0.662. The van der Waals surface area contributed by atoms with Crippen LogP contribution in [0.4, 0.5) is 0 Å². The fourth-order valence-corrected chi connectivity index (χ4v) is 0.250. The van der Waals surface area contributed by atoms with Crippen LogP contribution >= 0.6 is 0 Å². The third kappa shape index (κ3) is 8.82. The number of hydrogen-bond acceptors (Lipinski definition) is 0. The van der Waals surface area contributed by atoms with Crippen molar-refractivity contribution in [3.8, 4) is 0 Å². The first-order valence-electron chi connectivity index (χ1n) is 2.21. The Morgan fingerprint density at radius 3 is 2.00 bits per heavy atom. The second-order valence-corrected chi connectivity index (χ2v) is 1.21. The third-order valence-electron chi connectivity index (χ3n) is 0.604. The minimum Gasteiger partial charge on any atom is -0.343 e. The van der Waals surface area contributed by atoms with E-state index >= 15 is 0 Å². The predicted molar refractivity (Wildman–Crippen MR) is 24.9 cm³/mol. The van der Waals surface area contributed by atoms with E-state index in [0.29, 0.717) is 0 Å². The van der Waals surface area contributed by atoms with Crippen LogP contribution in [-0.2, 0) is 20.4 Å². The van der Waals surface area contributed by atoms with Crippen LogP contribution in [0, 0.1) is 6.92 Å². The predicted octanol–water partition coefficient (Wildman–Crippen LogP) is 2.01. The molecule has 42 valence electrons. The van der Waals surface area contributed by atoms with Gasteiger partial charge < -0.3 is 6.92 Å². The van der Waals surface area contributed by atoms with Crippen molar-refractivity contribution in [1.82, 2.24) is 0 Å². The molecule has 1 heteroatoms. The average Bonchev–Trinajstić information content (AvgIpc) is 1.41. The molecule has 0 bridgehead atoms. The molecule has 0 aliphatic carbocycles. The Morgan fingerprint density at radius 1 is 1.50 bits per heavy atom. The van der Waals surface area contributed by atoms with Gasteiger partial charge in [-0.1, -0.05) is 19.8 Å². The van der Waals surface area contributed by atoms with Gasteiger partial charge in [-0.2, -0.15) is 6.42 Å². The molecule has 0 rings (SSSR count). The van der Waals surface area contributed by atoms with E-state index in [1.54, 1.807) is 0 Å². The van der Waals surface area contributed by atoms with Crippen molar-refractivity contribution >= 4 is 0 Å². The zero-order valence-corrected chi connectivity index (χ0v) is 5.70. The van der Waals surface area contributed by atoms with Crippen molar-refractivity contribution in [3.63, 3.8) is 0 Å². The summed E-state index contributed by atoms with van der Waals surface area (Å²) in [6.07, 6.45) is 3.65. The Kier molecular flexibility index (Phi) is 15.0. The second kappa shape index (κ2) is 9.18. The molecule has 0 aliphatic heterocycles. The maximum absolute atomic E-state index is 3.68. The van der Waals surface area contributed by atoms with Gasteiger partial charge >= 0.3 is 0 Å². The first-order chi connectivity index (χ1) is 2.41. The second-order valence-electron chi connectivity index (χ2n) is 1.21. The topological polar surface area (TPSA) is 0 Å². The quantitative estimate of drug-likeness (QED) is 0.447. The molecule has 0 saturated carbocycles. The molecule has 0 unspecified atom stereocenters. The molecular formula is C5H11Pd-. The van der Waals surface area contributed by atoms with Crippen LogP contribution < -0.4 is 0 Å². The van der Waals surface area contributed by atoms with Gasteiger partial charge in [-0.25, -0.2) is 0 Å². The Labute approximate surface area is 54.0 Å². The molecule has 0 heterocycles. The van der Waals surface area contributed by atoms with Crippen molar-refractivity contribution in [2.24, 2.45) is 0 Å². The van der Waals surface area contributed by atoms with Crippen molar-refractivity contribution in [2.75, 3.05) is 0 Å². The Morgan fingerprint density at radius 2 is 2.00 bits per heavy atom. The fourth-order valence-electron chi connectivity index (χ4n) is 0.250. The minimum absolute atomic E-state index is 0. The van der Waals surface area contributed by atoms with Crippen LogP contribution in [0.15, 0.2) is 0 Å². The van der Waals surface area contributed by atoms with E-state index in [9.17, 15) is 0 Å². The summed E-state index contributed by atoms with van der Waals surface area (Å²) in [5.74, 6) is 0. The zero-order chi connectivity index (χ0) is 4.12. The first kappa shape index (κ1) is 9.83. The van der Waals surface area contributed by atoms with Gasteiger partial charge in [0, 0.05) is 20.4 Å². The summed E-state index contributed by atoms with van der Waals surface area (Å²) in [5, 5.41) is 0. The molecule has 0 nitrogen and oxygen atoms in total. The summed E-state index contributed by atoms with van der Waals surface area (Å²) >= 11 is 0. The molecule has 0 aromatic carbocycles. The van der Waals surface area contributed by atoms with E-state index in [4.69, 9.17) is 0 Å². The summed E-state index contributed by atoms with van der Waals surface area (Å²) in [6.45, 7) is 5.85. The molecule has 0 aliphatic rings. The summed E-state index contributed by atoms with van der Waals surface area (Å²) in [6, 6.07) is 0. The van der Waals surface area contributed by atoms with Gasteiger partial charge in [0.1, 0.15) is 0 Å². The van der Waals surface area contributed by atoms with Crippen LogP contribution in [0.2, 0.25) is 0 Å². The number of unbranched alkanes of at least 4 members (excludes halogenated alkanes) is 2. The molecule has 0 amide bonds. The van der Waals surface area contributed by atoms with E-state index in [0.717, 1.165) is 6.42 Å². The summed E-state index contributed by atoms with van der Waals surface area (Å²) < 4.78 is 0. The maximum Gasteiger partial charge on any atom is 0 e. The van der Waals surface area contributed by atoms with E-state index in [-0.39, 0.29) is 20.4 Å². The molecule has 0 aromatic rings. The van der Waals surface area contributed by atoms with Gasteiger partial charge in [0.25, 0.3) is 0 Å². The minimum atomic E-state index is 0. The number of rotatable bonds is 2. The summed E-state index contributed by atoms with van der Waals surface area (Å²) in [4.78, 5) is 0. The van der Waals surface area contributed by atoms with Crippen LogP contribution in [0.5, 0.6) is 0 Å². The van der Waals surface area contributed by atoms with Crippen molar-refractivity contribution in [1.29, 1.82) is 0 Å². The van der Waals surface area contributed by atoms with Gasteiger partial charge in [0.15, 0.2) is 0 Å². The van der Waals surface area contributed by atoms with Gasteiger partial charge in [-0.05, 0) is 0 Å². The fraction of sp³-hybridized carbons (Fsp3) is 0.800. The number of hydrogen-bond donors (Lipinski definition) is 0. The molecule has 6 heavy (non-hydrogen) atoms. The molecule has 0 spiro atoms. The summed E-state index contributed by atoms with van der Waals surface area (Å²) in [5.41, 5.74) is 0. The molecule has 0 N–H and O–H groups in total. The van der Waals surface area contributed by atoms with Crippen LogP contribution in [-0.4, -0.2) is 0 Å². The van der Waals surface area contributed by atoms with Crippen molar-refractivity contribution < 1.29 is 20.4 Å². The van der Waals surface area contributed by atoms with E-state index in [1.165, 1.54) is 12.8 Å². The Bertz CT molecular complexity index is 11.4. The zero-order valence-electron chi connectivity index (χ0n) is 4.14. The van der Waals surface area contributed by atoms with E-state index in [2.05, 4.69) is 13.8 Å². The standard InChI is InChI=1S/C5H11.Pd/c1-3-5-4-2;/h1,3-5H2,2H3;/q-1;. The van der Waals surface area contributed by atoms with Gasteiger partial charge in [0.2, 0.25) is 0 Å². The molecular weight excluding hydrogens is 166 g/mol. The molecule has 0 radical (unpaired) electrons. The van der Waals surface area contributed by atoms with E-state index < -0.39 is 0 Å². The van der Waals surface area contributed by atoms with E-state index in [1.807, 2.05) is 0 Å². The third-order valence-corrected chi connectivity index (χ3v) is 0.604. The van der Waals surface area contributed by atoms with Crippen LogP contribution in [0.25, 0.3) is 0 Å². The van der Waals surface area contributed by atoms with Crippen LogP contribution in [0.1, 0.15) is 26.2 Å².